The van der Waals surface area contributed by atoms with E-state index in [2.05, 4.69) is 36.2 Å². The third-order valence-electron chi connectivity index (χ3n) is 10.5. The Morgan fingerprint density at radius 3 is 2.48 bits per heavy atom. The van der Waals surface area contributed by atoms with Crippen molar-refractivity contribution in [3.8, 4) is 16.9 Å². The average Bonchev–Trinajstić information content (AvgIpc) is 3.67. The van der Waals surface area contributed by atoms with Gasteiger partial charge in [-0.05, 0) is 80.8 Å². The van der Waals surface area contributed by atoms with E-state index in [1.165, 1.54) is 6.07 Å². The van der Waals surface area contributed by atoms with Gasteiger partial charge in [0.05, 0.1) is 31.0 Å². The zero-order valence-corrected chi connectivity index (χ0v) is 32.3. The van der Waals surface area contributed by atoms with Crippen molar-refractivity contribution in [2.24, 2.45) is 7.05 Å². The van der Waals surface area contributed by atoms with Crippen molar-refractivity contribution in [3.05, 3.63) is 83.1 Å². The summed E-state index contributed by atoms with van der Waals surface area (Å²) < 4.78 is 38.5. The molecule has 7 rings (SSSR count). The molecule has 10 nitrogen and oxygen atoms in total. The van der Waals surface area contributed by atoms with Gasteiger partial charge in [0.1, 0.15) is 23.4 Å². The zero-order chi connectivity index (χ0) is 38.0. The Morgan fingerprint density at radius 1 is 0.963 bits per heavy atom. The lowest BCUT2D eigenvalue weighted by Crippen LogP contribution is -2.37. The van der Waals surface area contributed by atoms with Crippen LogP contribution in [-0.2, 0) is 35.9 Å². The molecule has 3 aromatic carbocycles. The number of nitrogens with one attached hydrogen (secondary N) is 1. The molecule has 1 saturated heterocycles. The topological polar surface area (TPSA) is 103 Å². The normalized spacial score (nSPS) is 16.4. The summed E-state index contributed by atoms with van der Waals surface area (Å²) >= 11 is 0. The maximum absolute atomic E-state index is 16.5. The number of rotatable bonds is 12. The number of nitrogens with zero attached hydrogens (tertiary/aromatic N) is 4. The summed E-state index contributed by atoms with van der Waals surface area (Å²) in [5, 5.41) is 21.7. The lowest BCUT2D eigenvalue weighted by Gasteiger charge is -2.28. The Morgan fingerprint density at radius 2 is 1.74 bits per heavy atom. The summed E-state index contributed by atoms with van der Waals surface area (Å²) in [7, 11) is 1.90. The second kappa shape index (κ2) is 18.8. The Kier molecular flexibility index (Phi) is 13.7. The minimum atomic E-state index is -1.01. The van der Waals surface area contributed by atoms with Crippen molar-refractivity contribution in [1.29, 1.82) is 0 Å². The first kappa shape index (κ1) is 39.4. The number of fused-ring (bicyclic) bond motifs is 3. The van der Waals surface area contributed by atoms with Gasteiger partial charge in [-0.3, -0.25) is 9.58 Å². The quantitative estimate of drug-likeness (QED) is 0.125. The molecule has 4 heterocycles. The highest BCUT2D eigenvalue weighted by atomic mass is 19.1. The Labute approximate surface area is 318 Å². The summed E-state index contributed by atoms with van der Waals surface area (Å²) in [6.07, 6.45) is 3.55. The molecule has 1 fully saturated rings. The number of aryl methyl sites for hydroxylation is 3. The summed E-state index contributed by atoms with van der Waals surface area (Å²) in [5.41, 5.74) is 4.32. The molecule has 0 saturated carbocycles. The number of carbonyl (C=O) groups is 1. The van der Waals surface area contributed by atoms with Crippen LogP contribution < -0.4 is 10.1 Å². The van der Waals surface area contributed by atoms with E-state index in [1.807, 2.05) is 53.6 Å². The number of ether oxygens (including phenoxy) is 3. The fraction of sp³-hybridized carbons (Fsp3) is 0.488. The van der Waals surface area contributed by atoms with Crippen LogP contribution in [0.25, 0.3) is 32.8 Å². The molecule has 11 heteroatoms. The molecule has 0 aliphatic carbocycles. The maximum atomic E-state index is 16.5. The fourth-order valence-electron chi connectivity index (χ4n) is 7.96. The van der Waals surface area contributed by atoms with Gasteiger partial charge in [0.2, 0.25) is 0 Å². The van der Waals surface area contributed by atoms with E-state index in [1.54, 1.807) is 6.07 Å². The Hall–Kier alpha value is -4.29. The molecule has 2 aliphatic heterocycles. The van der Waals surface area contributed by atoms with Gasteiger partial charge in [0, 0.05) is 67.4 Å². The van der Waals surface area contributed by atoms with Crippen LogP contribution in [0, 0.1) is 5.82 Å². The minimum Gasteiger partial charge on any atom is -0.493 e. The number of halogens is 1. The van der Waals surface area contributed by atoms with Crippen LogP contribution >= 0.6 is 0 Å². The minimum absolute atomic E-state index is 0.222. The first-order chi connectivity index (χ1) is 26.4. The predicted octanol–water partition coefficient (Wildman–Crippen LogP) is 7.80. The summed E-state index contributed by atoms with van der Waals surface area (Å²) in [6.45, 7) is 13.8. The van der Waals surface area contributed by atoms with E-state index in [0.29, 0.717) is 81.7 Å². The molecule has 2 aromatic heterocycles. The molecule has 0 spiro atoms. The van der Waals surface area contributed by atoms with Crippen LogP contribution in [0.2, 0.25) is 0 Å². The molecular formula is C43H56FN5O5. The third kappa shape index (κ3) is 8.65. The van der Waals surface area contributed by atoms with Crippen molar-refractivity contribution < 1.29 is 28.5 Å². The van der Waals surface area contributed by atoms with Crippen LogP contribution in [-0.4, -0.2) is 89.5 Å². The van der Waals surface area contributed by atoms with Crippen LogP contribution in [0.3, 0.4) is 0 Å². The highest BCUT2D eigenvalue weighted by molar-refractivity contribution is 6.04. The molecule has 5 aromatic rings. The zero-order valence-electron chi connectivity index (χ0n) is 32.3. The molecule has 54 heavy (non-hydrogen) atoms. The predicted molar refractivity (Wildman–Crippen MR) is 212 cm³/mol. The van der Waals surface area contributed by atoms with Crippen molar-refractivity contribution in [1.82, 2.24) is 24.6 Å². The van der Waals surface area contributed by atoms with Gasteiger partial charge in [-0.25, -0.2) is 9.18 Å². The molecule has 0 amide bonds. The standard InChI is InChI=1S/C39H45FN4O5.C4H11N/c1-3-31-35-34-30(40)16-15-29-28(13-9-23-48-32-14-8-11-26-10-4-5-12-27(26)32)38(39(45)46)44(37(29)34)18-6-7-22-49-33(36(35)41-42(31)2)17-19-43-20-24-47-25-21-43;1-3-5-4-2/h4-5,8,10-12,14-16,33H,3,6-7,9,13,17-25H2,1-2H3,(H,45,46);5H,3-4H2,1-2H3. The third-order valence-corrected chi connectivity index (χ3v) is 10.5. The van der Waals surface area contributed by atoms with Crippen LogP contribution in [0.15, 0.2) is 54.6 Å². The van der Waals surface area contributed by atoms with Crippen molar-refractivity contribution in [2.75, 3.05) is 59.2 Å². The van der Waals surface area contributed by atoms with Gasteiger partial charge in [0.15, 0.2) is 0 Å². The van der Waals surface area contributed by atoms with Gasteiger partial charge in [0.25, 0.3) is 0 Å². The SMILES string of the molecule is CCNCC.CCc1c2c(nn1C)C(CCN1CCOCC1)OCCCCn1c(C(=O)O)c(CCCOc3cccc4ccccc34)c3ccc(F)c-2c31. The summed E-state index contributed by atoms with van der Waals surface area (Å²) in [5.74, 6) is -0.590. The smallest absolute Gasteiger partial charge is 0.352 e. The number of carboxylic acids is 1. The van der Waals surface area contributed by atoms with E-state index in [9.17, 15) is 9.90 Å². The highest BCUT2D eigenvalue weighted by Crippen LogP contribution is 2.43. The molecule has 0 radical (unpaired) electrons. The first-order valence-corrected chi connectivity index (χ1v) is 19.7. The van der Waals surface area contributed by atoms with Gasteiger partial charge >= 0.3 is 5.97 Å². The fourth-order valence-corrected chi connectivity index (χ4v) is 7.96. The number of hydrogen-bond donors (Lipinski definition) is 2. The first-order valence-electron chi connectivity index (χ1n) is 19.7. The van der Waals surface area contributed by atoms with E-state index in [0.717, 1.165) is 78.0 Å². The lowest BCUT2D eigenvalue weighted by atomic mass is 9.94. The van der Waals surface area contributed by atoms with Gasteiger partial charge in [-0.2, -0.15) is 5.10 Å². The molecule has 1 unspecified atom stereocenters. The van der Waals surface area contributed by atoms with Gasteiger partial charge in [-0.15, -0.1) is 0 Å². The molecule has 2 aliphatic rings. The molecular weight excluding hydrogens is 686 g/mol. The second-order valence-corrected chi connectivity index (χ2v) is 14.0. The molecule has 2 N–H and O–H groups in total. The highest BCUT2D eigenvalue weighted by Gasteiger charge is 2.32. The van der Waals surface area contributed by atoms with Gasteiger partial charge in [-0.1, -0.05) is 57.2 Å². The molecule has 0 bridgehead atoms. The monoisotopic (exact) mass is 741 g/mol. The van der Waals surface area contributed by atoms with E-state index in [-0.39, 0.29) is 17.6 Å². The van der Waals surface area contributed by atoms with E-state index >= 15 is 4.39 Å². The maximum Gasteiger partial charge on any atom is 0.352 e. The Balaban J connectivity index is 0.000000934. The largest absolute Gasteiger partial charge is 0.493 e. The van der Waals surface area contributed by atoms with Gasteiger partial charge < -0.3 is 29.2 Å². The number of benzene rings is 3. The molecule has 1 atom stereocenters. The lowest BCUT2D eigenvalue weighted by molar-refractivity contribution is 0.00973. The number of aromatic carboxylic acids is 1. The van der Waals surface area contributed by atoms with Crippen LogP contribution in [0.5, 0.6) is 5.75 Å². The van der Waals surface area contributed by atoms with E-state index in [4.69, 9.17) is 19.3 Å². The van der Waals surface area contributed by atoms with E-state index < -0.39 is 5.97 Å². The number of aromatic nitrogens is 3. The van der Waals surface area contributed by atoms with Crippen molar-refractivity contribution >= 4 is 27.6 Å². The number of carboxylic acid groups (broad SMARTS) is 1. The van der Waals surface area contributed by atoms with Crippen molar-refractivity contribution in [2.45, 2.75) is 71.9 Å². The van der Waals surface area contributed by atoms with Crippen LogP contribution in [0.1, 0.15) is 80.0 Å². The average molecular weight is 742 g/mol. The van der Waals surface area contributed by atoms with Crippen molar-refractivity contribution in [3.63, 3.8) is 0 Å². The molecule has 290 valence electrons. The van der Waals surface area contributed by atoms with Crippen LogP contribution in [0.4, 0.5) is 4.39 Å². The number of hydrogen-bond acceptors (Lipinski definition) is 7. The summed E-state index contributed by atoms with van der Waals surface area (Å²) in [6, 6.07) is 17.3. The Bertz CT molecular complexity index is 2010. The second-order valence-electron chi connectivity index (χ2n) is 14.0. The summed E-state index contributed by atoms with van der Waals surface area (Å²) in [4.78, 5) is 15.4. The number of morpholine rings is 1.